The maximum Gasteiger partial charge on any atom is 0.167 e. The molecule has 0 spiro atoms. The molecule has 3 heterocycles. The van der Waals surface area contributed by atoms with E-state index in [-0.39, 0.29) is 6.04 Å². The van der Waals surface area contributed by atoms with Crippen molar-refractivity contribution in [3.8, 4) is 0 Å². The molecule has 1 saturated heterocycles. The van der Waals surface area contributed by atoms with Crippen molar-refractivity contribution in [2.24, 2.45) is 0 Å². The number of imidazole rings is 1. The van der Waals surface area contributed by atoms with Gasteiger partial charge in [0.1, 0.15) is 24.6 Å². The van der Waals surface area contributed by atoms with Crippen molar-refractivity contribution in [1.82, 2.24) is 19.5 Å². The van der Waals surface area contributed by atoms with Gasteiger partial charge in [0.2, 0.25) is 0 Å². The standard InChI is InChI=1S/C16H23N5O5/c1-16(25)4-2-3-9(16)20-13-10-14(18-6-17-13)21(7-19-10)15-12(24)11(23)8(5-22)26-15/h6-9,11-12,15,22-25H,2-5H2,1H3,(H,17,18,20). The molecule has 26 heavy (non-hydrogen) atoms. The Kier molecular flexibility index (Phi) is 4.32. The first-order valence-corrected chi connectivity index (χ1v) is 8.71. The number of hydrogen-bond donors (Lipinski definition) is 5. The van der Waals surface area contributed by atoms with Crippen LogP contribution in [0.4, 0.5) is 5.82 Å². The van der Waals surface area contributed by atoms with Gasteiger partial charge < -0.3 is 30.5 Å². The number of aromatic nitrogens is 4. The van der Waals surface area contributed by atoms with Crippen LogP contribution in [-0.4, -0.2) is 76.5 Å². The number of hydrogen-bond acceptors (Lipinski definition) is 9. The Morgan fingerprint density at radius 1 is 1.31 bits per heavy atom. The Morgan fingerprint density at radius 2 is 2.12 bits per heavy atom. The zero-order valence-electron chi connectivity index (χ0n) is 14.4. The Labute approximate surface area is 149 Å². The van der Waals surface area contributed by atoms with Crippen molar-refractivity contribution in [3.63, 3.8) is 0 Å². The van der Waals surface area contributed by atoms with Gasteiger partial charge in [0.15, 0.2) is 23.2 Å². The minimum absolute atomic E-state index is 0.139. The number of rotatable bonds is 4. The zero-order valence-corrected chi connectivity index (χ0v) is 14.4. The maximum absolute atomic E-state index is 10.4. The second-order valence-electron chi connectivity index (χ2n) is 7.22. The van der Waals surface area contributed by atoms with Crippen LogP contribution in [0.5, 0.6) is 0 Å². The zero-order chi connectivity index (χ0) is 18.5. The predicted octanol–water partition coefficient (Wildman–Crippen LogP) is -0.847. The molecule has 5 N–H and O–H groups in total. The number of ether oxygens (including phenoxy) is 1. The molecule has 2 aliphatic rings. The number of nitrogens with zero attached hydrogens (tertiary/aromatic N) is 4. The first-order chi connectivity index (χ1) is 12.4. The second-order valence-corrected chi connectivity index (χ2v) is 7.22. The van der Waals surface area contributed by atoms with Crippen LogP contribution in [0.15, 0.2) is 12.7 Å². The summed E-state index contributed by atoms with van der Waals surface area (Å²) in [6.07, 6.45) is 1.09. The maximum atomic E-state index is 10.4. The van der Waals surface area contributed by atoms with E-state index in [1.54, 1.807) is 6.92 Å². The van der Waals surface area contributed by atoms with Gasteiger partial charge in [-0.3, -0.25) is 4.57 Å². The molecular weight excluding hydrogens is 342 g/mol. The fourth-order valence-electron chi connectivity index (χ4n) is 3.80. The van der Waals surface area contributed by atoms with E-state index < -0.39 is 36.7 Å². The smallest absolute Gasteiger partial charge is 0.167 e. The normalized spacial score (nSPS) is 37.5. The van der Waals surface area contributed by atoms with Gasteiger partial charge in [0, 0.05) is 0 Å². The second kappa shape index (κ2) is 6.39. The van der Waals surface area contributed by atoms with Gasteiger partial charge in [-0.25, -0.2) is 15.0 Å². The molecule has 6 atom stereocenters. The van der Waals surface area contributed by atoms with E-state index in [0.717, 1.165) is 19.3 Å². The van der Waals surface area contributed by atoms with Crippen LogP contribution in [0.3, 0.4) is 0 Å². The molecule has 0 amide bonds. The fraction of sp³-hybridized carbons (Fsp3) is 0.688. The summed E-state index contributed by atoms with van der Waals surface area (Å²) in [5.74, 6) is 0.493. The Hall–Kier alpha value is -1.85. The summed E-state index contributed by atoms with van der Waals surface area (Å²) in [5, 5.41) is 43.1. The summed E-state index contributed by atoms with van der Waals surface area (Å²) in [6, 6.07) is -0.139. The largest absolute Gasteiger partial charge is 0.394 e. The molecule has 10 heteroatoms. The fourth-order valence-corrected chi connectivity index (χ4v) is 3.80. The number of aliphatic hydroxyl groups is 4. The molecule has 2 aromatic heterocycles. The van der Waals surface area contributed by atoms with Gasteiger partial charge in [-0.1, -0.05) is 0 Å². The van der Waals surface area contributed by atoms with Crippen LogP contribution < -0.4 is 5.32 Å². The van der Waals surface area contributed by atoms with Crippen LogP contribution in [0.1, 0.15) is 32.4 Å². The molecule has 0 radical (unpaired) electrons. The average Bonchev–Trinajstić information content (AvgIpc) is 3.26. The van der Waals surface area contributed by atoms with Crippen LogP contribution in [-0.2, 0) is 4.74 Å². The van der Waals surface area contributed by atoms with E-state index >= 15 is 0 Å². The van der Waals surface area contributed by atoms with E-state index in [0.29, 0.717) is 17.0 Å². The summed E-state index contributed by atoms with van der Waals surface area (Å²) >= 11 is 0. The van der Waals surface area contributed by atoms with Crippen molar-refractivity contribution in [3.05, 3.63) is 12.7 Å². The van der Waals surface area contributed by atoms with Crippen molar-refractivity contribution in [2.75, 3.05) is 11.9 Å². The molecule has 6 unspecified atom stereocenters. The third-order valence-electron chi connectivity index (χ3n) is 5.39. The lowest BCUT2D eigenvalue weighted by molar-refractivity contribution is -0.0511. The molecule has 1 aliphatic carbocycles. The topological polar surface area (TPSA) is 146 Å². The summed E-state index contributed by atoms with van der Waals surface area (Å²) in [5.41, 5.74) is 0.0891. The van der Waals surface area contributed by atoms with Crippen molar-refractivity contribution in [1.29, 1.82) is 0 Å². The van der Waals surface area contributed by atoms with Crippen molar-refractivity contribution in [2.45, 2.75) is 62.4 Å². The molecule has 0 bridgehead atoms. The summed E-state index contributed by atoms with van der Waals surface area (Å²) < 4.78 is 7.06. The van der Waals surface area contributed by atoms with Gasteiger partial charge in [-0.05, 0) is 26.2 Å². The summed E-state index contributed by atoms with van der Waals surface area (Å²) in [6.45, 7) is 1.40. The van der Waals surface area contributed by atoms with Gasteiger partial charge >= 0.3 is 0 Å². The highest BCUT2D eigenvalue weighted by atomic mass is 16.6. The molecule has 2 aromatic rings. The highest BCUT2D eigenvalue weighted by molar-refractivity contribution is 5.83. The molecule has 2 fully saturated rings. The Balaban J connectivity index is 1.66. The van der Waals surface area contributed by atoms with Crippen LogP contribution in [0, 0.1) is 0 Å². The highest BCUT2D eigenvalue weighted by Gasteiger charge is 2.44. The molecule has 1 aliphatic heterocycles. The van der Waals surface area contributed by atoms with Crippen LogP contribution in [0.25, 0.3) is 11.2 Å². The van der Waals surface area contributed by atoms with E-state index in [1.807, 2.05) is 0 Å². The third-order valence-corrected chi connectivity index (χ3v) is 5.39. The minimum atomic E-state index is -1.22. The number of fused-ring (bicyclic) bond motifs is 1. The quantitative estimate of drug-likeness (QED) is 0.468. The highest BCUT2D eigenvalue weighted by Crippen LogP contribution is 2.34. The van der Waals surface area contributed by atoms with E-state index in [4.69, 9.17) is 4.74 Å². The van der Waals surface area contributed by atoms with Gasteiger partial charge in [-0.15, -0.1) is 0 Å². The SMILES string of the molecule is CC1(O)CCCC1Nc1ncnc2c1ncn2C1OC(CO)C(O)C1O. The monoisotopic (exact) mass is 365 g/mol. The lowest BCUT2D eigenvalue weighted by atomic mass is 10.0. The average molecular weight is 365 g/mol. The van der Waals surface area contributed by atoms with E-state index in [1.165, 1.54) is 17.2 Å². The molecule has 4 rings (SSSR count). The summed E-state index contributed by atoms with van der Waals surface area (Å²) in [7, 11) is 0. The summed E-state index contributed by atoms with van der Waals surface area (Å²) in [4.78, 5) is 12.8. The van der Waals surface area contributed by atoms with Crippen LogP contribution >= 0.6 is 0 Å². The Bertz CT molecular complexity index is 796. The molecule has 0 aromatic carbocycles. The number of aliphatic hydroxyl groups excluding tert-OH is 3. The lowest BCUT2D eigenvalue weighted by Crippen LogP contribution is -2.39. The molecular formula is C16H23N5O5. The van der Waals surface area contributed by atoms with E-state index in [9.17, 15) is 20.4 Å². The van der Waals surface area contributed by atoms with Gasteiger partial charge in [0.05, 0.1) is 24.6 Å². The van der Waals surface area contributed by atoms with Gasteiger partial charge in [0.25, 0.3) is 0 Å². The Morgan fingerprint density at radius 3 is 2.77 bits per heavy atom. The van der Waals surface area contributed by atoms with Gasteiger partial charge in [-0.2, -0.15) is 0 Å². The minimum Gasteiger partial charge on any atom is -0.394 e. The molecule has 1 saturated carbocycles. The van der Waals surface area contributed by atoms with Crippen molar-refractivity contribution < 1.29 is 25.2 Å². The first kappa shape index (κ1) is 17.6. The third kappa shape index (κ3) is 2.74. The van der Waals surface area contributed by atoms with E-state index in [2.05, 4.69) is 20.3 Å². The van der Waals surface area contributed by atoms with Crippen LogP contribution in [0.2, 0.25) is 0 Å². The van der Waals surface area contributed by atoms with Crippen molar-refractivity contribution >= 4 is 17.0 Å². The lowest BCUT2D eigenvalue weighted by Gasteiger charge is -2.26. The first-order valence-electron chi connectivity index (χ1n) is 8.71. The molecule has 142 valence electrons. The predicted molar refractivity (Wildman–Crippen MR) is 90.2 cm³/mol. The number of nitrogens with one attached hydrogen (secondary N) is 1. The number of anilines is 1. The molecule has 10 nitrogen and oxygen atoms in total.